The Labute approximate surface area is 276 Å². The summed E-state index contributed by atoms with van der Waals surface area (Å²) in [6, 6.07) is 33.3. The van der Waals surface area contributed by atoms with Crippen LogP contribution >= 0.6 is 0 Å². The predicted octanol–water partition coefficient (Wildman–Crippen LogP) is 7.03. The highest BCUT2D eigenvalue weighted by Gasteiger charge is 2.34. The van der Waals surface area contributed by atoms with Crippen LogP contribution in [0.2, 0.25) is 0 Å². The number of aliphatic hydroxyl groups is 1. The molecule has 0 unspecified atom stereocenters. The molecule has 0 spiro atoms. The Balaban J connectivity index is 1.29. The van der Waals surface area contributed by atoms with Crippen LogP contribution in [0.15, 0.2) is 103 Å². The minimum absolute atomic E-state index is 0.146. The average molecular weight is 631 g/mol. The van der Waals surface area contributed by atoms with Crippen LogP contribution in [-0.2, 0) is 18.4 Å². The Morgan fingerprint density at radius 3 is 2.36 bits per heavy atom. The van der Waals surface area contributed by atoms with Crippen LogP contribution in [-0.4, -0.2) is 70.3 Å². The van der Waals surface area contributed by atoms with E-state index in [9.17, 15) is 14.7 Å². The molecule has 0 bridgehead atoms. The number of aryl methyl sites for hydroxylation is 1. The summed E-state index contributed by atoms with van der Waals surface area (Å²) in [7, 11) is 3.68. The molecule has 3 amide bonds. The normalized spacial score (nSPS) is 17.4. The number of urea groups is 1. The number of amides is 3. The number of para-hydroxylation sites is 1. The molecule has 0 radical (unpaired) electrons. The molecule has 5 aromatic rings. The number of fused-ring (bicyclic) bond motifs is 5. The molecule has 0 saturated heterocycles. The summed E-state index contributed by atoms with van der Waals surface area (Å²) in [5.41, 5.74) is 7.19. The van der Waals surface area contributed by atoms with Crippen molar-refractivity contribution in [1.29, 1.82) is 0 Å². The number of rotatable bonds is 6. The van der Waals surface area contributed by atoms with Crippen LogP contribution in [0.3, 0.4) is 0 Å². The van der Waals surface area contributed by atoms with E-state index in [1.54, 1.807) is 16.8 Å². The molecule has 3 atom stereocenters. The second kappa shape index (κ2) is 13.8. The van der Waals surface area contributed by atoms with E-state index in [2.05, 4.69) is 17.4 Å². The van der Waals surface area contributed by atoms with E-state index in [1.807, 2.05) is 116 Å². The Kier molecular flexibility index (Phi) is 9.43. The van der Waals surface area contributed by atoms with Gasteiger partial charge in [0.1, 0.15) is 5.69 Å². The number of carbonyl (C=O) groups excluding carboxylic acids is 2. The highest BCUT2D eigenvalue weighted by molar-refractivity contribution is 6.10. The van der Waals surface area contributed by atoms with Gasteiger partial charge < -0.3 is 29.5 Å². The lowest BCUT2D eigenvalue weighted by Crippen LogP contribution is -2.48. The van der Waals surface area contributed by atoms with Crippen molar-refractivity contribution in [2.45, 2.75) is 32.6 Å². The van der Waals surface area contributed by atoms with Gasteiger partial charge in [-0.3, -0.25) is 4.79 Å². The number of nitrogens with one attached hydrogen (secondary N) is 1. The van der Waals surface area contributed by atoms with Gasteiger partial charge in [-0.25, -0.2) is 4.79 Å². The second-order valence-corrected chi connectivity index (χ2v) is 12.5. The largest absolute Gasteiger partial charge is 0.394 e. The molecule has 0 saturated carbocycles. The number of hydrogen-bond donors (Lipinski definition) is 2. The van der Waals surface area contributed by atoms with Crippen molar-refractivity contribution in [3.8, 4) is 22.3 Å². The maximum atomic E-state index is 14.5. The van der Waals surface area contributed by atoms with Crippen molar-refractivity contribution in [2.75, 3.05) is 32.1 Å². The molecule has 0 aliphatic carbocycles. The third-order valence-electron chi connectivity index (χ3n) is 9.27. The smallest absolute Gasteiger partial charge is 0.321 e. The number of aliphatic hydroxyl groups excluding tert-OH is 1. The van der Waals surface area contributed by atoms with E-state index in [1.165, 1.54) is 0 Å². The summed E-state index contributed by atoms with van der Waals surface area (Å²) in [5, 5.41) is 14.3. The fraction of sp³-hybridized carbons (Fsp3) is 0.282. The van der Waals surface area contributed by atoms with Crippen molar-refractivity contribution < 1.29 is 19.4 Å². The van der Waals surface area contributed by atoms with Crippen LogP contribution in [0.4, 0.5) is 10.5 Å². The number of anilines is 1. The van der Waals surface area contributed by atoms with E-state index < -0.39 is 12.1 Å². The first-order valence-electron chi connectivity index (χ1n) is 16.1. The van der Waals surface area contributed by atoms with Gasteiger partial charge in [0, 0.05) is 55.3 Å². The van der Waals surface area contributed by atoms with Crippen LogP contribution in [0.25, 0.3) is 33.2 Å². The van der Waals surface area contributed by atoms with Crippen LogP contribution in [0.5, 0.6) is 0 Å². The fourth-order valence-corrected chi connectivity index (χ4v) is 6.47. The van der Waals surface area contributed by atoms with Gasteiger partial charge in [0.15, 0.2) is 0 Å². The van der Waals surface area contributed by atoms with Crippen molar-refractivity contribution >= 4 is 28.5 Å². The Morgan fingerprint density at radius 2 is 1.62 bits per heavy atom. The quantitative estimate of drug-likeness (QED) is 0.211. The summed E-state index contributed by atoms with van der Waals surface area (Å²) in [5.74, 6) is -0.302. The fourth-order valence-electron chi connectivity index (χ4n) is 6.47. The standard InChI is InChI=1S/C39H42N4O4/c1-26-22-43(27(2)24-44)38(45)37-36(33-16-10-11-17-34(33)42(37)4)32-15-9-8-14-30(32)25-47-35(26)23-41(3)39(46)40-31-20-18-29(19-21-31)28-12-6-5-7-13-28/h5-21,26-27,35,44H,22-25H2,1-4H3,(H,40,46)/t26-,27-,35+/m1/s1. The van der Waals surface area contributed by atoms with Gasteiger partial charge in [-0.15, -0.1) is 0 Å². The minimum atomic E-state index is -0.424. The molecule has 0 fully saturated rings. The van der Waals surface area contributed by atoms with Crippen molar-refractivity contribution in [1.82, 2.24) is 14.4 Å². The lowest BCUT2D eigenvalue weighted by Gasteiger charge is -2.35. The molecular weight excluding hydrogens is 588 g/mol. The van der Waals surface area contributed by atoms with E-state index >= 15 is 0 Å². The Morgan fingerprint density at radius 1 is 0.957 bits per heavy atom. The predicted molar refractivity (Wildman–Crippen MR) is 187 cm³/mol. The molecule has 4 aromatic carbocycles. The molecule has 6 rings (SSSR count). The third kappa shape index (κ3) is 6.52. The van der Waals surface area contributed by atoms with Gasteiger partial charge in [0.25, 0.3) is 5.91 Å². The first-order valence-corrected chi connectivity index (χ1v) is 16.1. The molecule has 242 valence electrons. The average Bonchev–Trinajstić information content (AvgIpc) is 3.39. The molecule has 2 N–H and O–H groups in total. The number of aromatic nitrogens is 1. The number of nitrogens with zero attached hydrogens (tertiary/aromatic N) is 3. The molecule has 1 aliphatic heterocycles. The van der Waals surface area contributed by atoms with Crippen LogP contribution < -0.4 is 5.32 Å². The summed E-state index contributed by atoms with van der Waals surface area (Å²) >= 11 is 0. The maximum absolute atomic E-state index is 14.5. The Bertz CT molecular complexity index is 1870. The number of hydrogen-bond acceptors (Lipinski definition) is 4. The molecule has 1 aromatic heterocycles. The lowest BCUT2D eigenvalue weighted by molar-refractivity contribution is -0.0179. The zero-order valence-corrected chi connectivity index (χ0v) is 27.4. The number of ether oxygens (including phenoxy) is 1. The molecule has 47 heavy (non-hydrogen) atoms. The summed E-state index contributed by atoms with van der Waals surface area (Å²) in [4.78, 5) is 31.3. The zero-order valence-electron chi connectivity index (χ0n) is 27.4. The minimum Gasteiger partial charge on any atom is -0.394 e. The van der Waals surface area contributed by atoms with Crippen molar-refractivity contribution in [3.05, 3.63) is 114 Å². The molecular formula is C39H42N4O4. The number of benzene rings is 4. The van der Waals surface area contributed by atoms with Crippen LogP contribution in [0.1, 0.15) is 29.9 Å². The third-order valence-corrected chi connectivity index (χ3v) is 9.27. The number of likely N-dealkylation sites (N-methyl/N-ethyl adjacent to an activating group) is 1. The van der Waals surface area contributed by atoms with Gasteiger partial charge >= 0.3 is 6.03 Å². The highest BCUT2D eigenvalue weighted by atomic mass is 16.5. The topological polar surface area (TPSA) is 87.0 Å². The van der Waals surface area contributed by atoms with E-state index in [-0.39, 0.29) is 24.5 Å². The monoisotopic (exact) mass is 630 g/mol. The maximum Gasteiger partial charge on any atom is 0.321 e. The van der Waals surface area contributed by atoms with E-state index in [0.717, 1.165) is 38.7 Å². The summed E-state index contributed by atoms with van der Waals surface area (Å²) in [6.45, 7) is 4.69. The van der Waals surface area contributed by atoms with E-state index in [0.29, 0.717) is 31.1 Å². The zero-order chi connectivity index (χ0) is 33.1. The van der Waals surface area contributed by atoms with Gasteiger partial charge in [0.05, 0.1) is 25.4 Å². The molecule has 2 heterocycles. The van der Waals surface area contributed by atoms with Gasteiger partial charge in [0.2, 0.25) is 0 Å². The number of carbonyl (C=O) groups is 2. The van der Waals surface area contributed by atoms with Gasteiger partial charge in [-0.2, -0.15) is 0 Å². The van der Waals surface area contributed by atoms with Crippen molar-refractivity contribution in [2.24, 2.45) is 13.0 Å². The molecule has 8 nitrogen and oxygen atoms in total. The van der Waals surface area contributed by atoms with Gasteiger partial charge in [-0.1, -0.05) is 91.9 Å². The van der Waals surface area contributed by atoms with Crippen molar-refractivity contribution in [3.63, 3.8) is 0 Å². The SMILES string of the molecule is C[C@@H]1CN([C@H](C)CO)C(=O)c2c(c3ccccc3n2C)-c2ccccc2CO[C@H]1CN(C)C(=O)Nc1ccc(-c2ccccc2)cc1. The molecule has 8 heteroatoms. The van der Waals surface area contributed by atoms with E-state index in [4.69, 9.17) is 4.74 Å². The first-order chi connectivity index (χ1) is 22.8. The second-order valence-electron chi connectivity index (χ2n) is 12.5. The van der Waals surface area contributed by atoms with Crippen LogP contribution in [0, 0.1) is 5.92 Å². The summed E-state index contributed by atoms with van der Waals surface area (Å²) in [6.07, 6.45) is -0.390. The molecule has 1 aliphatic rings. The highest BCUT2D eigenvalue weighted by Crippen LogP contribution is 2.38. The lowest BCUT2D eigenvalue weighted by atomic mass is 9.96. The van der Waals surface area contributed by atoms with Gasteiger partial charge in [-0.05, 0) is 47.4 Å². The first kappa shape index (κ1) is 32.0. The summed E-state index contributed by atoms with van der Waals surface area (Å²) < 4.78 is 8.62. The Hall–Kier alpha value is -4.92.